The number of benzene rings is 2. The van der Waals surface area contributed by atoms with Crippen LogP contribution in [0.1, 0.15) is 5.56 Å². The summed E-state index contributed by atoms with van der Waals surface area (Å²) in [5.41, 5.74) is 2.26. The number of nitrogens with zero attached hydrogens (tertiary/aromatic N) is 2. The zero-order valence-electron chi connectivity index (χ0n) is 13.4. The molecule has 1 aliphatic heterocycles. The summed E-state index contributed by atoms with van der Waals surface area (Å²) in [6, 6.07) is 13.4. The van der Waals surface area contributed by atoms with Crippen LogP contribution in [0.15, 0.2) is 47.5 Å². The van der Waals surface area contributed by atoms with Crippen LogP contribution in [-0.2, 0) is 11.8 Å². The van der Waals surface area contributed by atoms with Crippen LogP contribution in [0, 0.1) is 6.92 Å². The number of carbonyl (C=O) groups excluding carboxylic acids is 1. The molecule has 0 saturated heterocycles. The molecule has 1 aliphatic rings. The van der Waals surface area contributed by atoms with E-state index in [-0.39, 0.29) is 12.5 Å². The van der Waals surface area contributed by atoms with Crippen molar-refractivity contribution in [3.63, 3.8) is 0 Å². The van der Waals surface area contributed by atoms with Crippen molar-refractivity contribution in [3.05, 3.63) is 52.8 Å². The number of hydrogen-bond donors (Lipinski definition) is 0. The van der Waals surface area contributed by atoms with Crippen molar-refractivity contribution in [3.8, 4) is 11.5 Å². The summed E-state index contributed by atoms with van der Waals surface area (Å²) in [6.07, 6.45) is -0.716. The summed E-state index contributed by atoms with van der Waals surface area (Å²) in [4.78, 5) is 17.4. The summed E-state index contributed by atoms with van der Waals surface area (Å²) in [5.74, 6) is 0.905. The zero-order valence-corrected chi connectivity index (χ0v) is 14.2. The van der Waals surface area contributed by atoms with Gasteiger partial charge in [0.25, 0.3) is 5.91 Å². The highest BCUT2D eigenvalue weighted by Crippen LogP contribution is 2.31. The Hall–Kier alpha value is -2.60. The number of hydrogen-bond acceptors (Lipinski definition) is 4. The average molecular weight is 340 g/mol. The van der Waals surface area contributed by atoms with Gasteiger partial charge in [0.2, 0.25) is 6.10 Å². The number of aromatic nitrogens is 1. The van der Waals surface area contributed by atoms with Gasteiger partial charge in [0, 0.05) is 7.05 Å². The lowest BCUT2D eigenvalue weighted by Crippen LogP contribution is -2.36. The lowest BCUT2D eigenvalue weighted by atomic mass is 10.2. The molecule has 24 heavy (non-hydrogen) atoms. The van der Waals surface area contributed by atoms with Gasteiger partial charge in [-0.25, -0.2) is 0 Å². The van der Waals surface area contributed by atoms with Gasteiger partial charge in [-0.05, 0) is 30.7 Å². The van der Waals surface area contributed by atoms with Crippen molar-refractivity contribution in [1.82, 2.24) is 4.57 Å². The van der Waals surface area contributed by atoms with E-state index in [4.69, 9.17) is 9.47 Å². The van der Waals surface area contributed by atoms with Gasteiger partial charge < -0.3 is 14.0 Å². The Labute approximate surface area is 142 Å². The molecule has 4 rings (SSSR count). The number of aryl methyl sites for hydroxylation is 2. The predicted octanol–water partition coefficient (Wildman–Crippen LogP) is 2.82. The van der Waals surface area contributed by atoms with Gasteiger partial charge in [0.15, 0.2) is 16.3 Å². The smallest absolute Gasteiger partial charge is 0.292 e. The molecule has 1 aromatic heterocycles. The fourth-order valence-electron chi connectivity index (χ4n) is 2.81. The molecule has 0 radical (unpaired) electrons. The number of thiazole rings is 1. The monoisotopic (exact) mass is 340 g/mol. The Morgan fingerprint density at radius 3 is 2.79 bits per heavy atom. The lowest BCUT2D eigenvalue weighted by molar-refractivity contribution is -0.127. The Balaban J connectivity index is 1.68. The maximum Gasteiger partial charge on any atom is 0.292 e. The molecule has 2 heterocycles. The first-order valence-corrected chi connectivity index (χ1v) is 8.47. The Bertz CT molecular complexity index is 1000. The van der Waals surface area contributed by atoms with Gasteiger partial charge in [-0.1, -0.05) is 35.6 Å². The summed E-state index contributed by atoms with van der Waals surface area (Å²) in [5, 5.41) is 0. The molecule has 2 aromatic carbocycles. The molecule has 0 N–H and O–H groups in total. The van der Waals surface area contributed by atoms with E-state index in [1.165, 1.54) is 11.3 Å². The third-order valence-electron chi connectivity index (χ3n) is 4.01. The molecule has 0 aliphatic carbocycles. The second-order valence-corrected chi connectivity index (χ2v) is 6.69. The molecule has 0 unspecified atom stereocenters. The van der Waals surface area contributed by atoms with E-state index in [0.717, 1.165) is 15.8 Å². The van der Waals surface area contributed by atoms with Gasteiger partial charge in [0.05, 0.1) is 10.2 Å². The van der Waals surface area contributed by atoms with Crippen LogP contribution in [0.4, 0.5) is 0 Å². The van der Waals surface area contributed by atoms with E-state index in [0.29, 0.717) is 16.3 Å². The number of fused-ring (bicyclic) bond motifs is 2. The lowest BCUT2D eigenvalue weighted by Gasteiger charge is -2.23. The van der Waals surface area contributed by atoms with Crippen molar-refractivity contribution in [2.75, 3.05) is 6.61 Å². The molecule has 0 saturated carbocycles. The molecule has 0 spiro atoms. The highest BCUT2D eigenvalue weighted by molar-refractivity contribution is 7.16. The minimum atomic E-state index is -0.716. The van der Waals surface area contributed by atoms with Crippen molar-refractivity contribution >= 4 is 27.5 Å². The van der Waals surface area contributed by atoms with Crippen LogP contribution in [-0.4, -0.2) is 23.2 Å². The van der Waals surface area contributed by atoms with Gasteiger partial charge in [-0.2, -0.15) is 4.99 Å². The van der Waals surface area contributed by atoms with Crippen LogP contribution < -0.4 is 14.3 Å². The average Bonchev–Trinajstić information content (AvgIpc) is 2.91. The number of carbonyl (C=O) groups is 1. The quantitative estimate of drug-likeness (QED) is 0.684. The Morgan fingerprint density at radius 2 is 2.00 bits per heavy atom. The van der Waals surface area contributed by atoms with Crippen LogP contribution in [0.3, 0.4) is 0 Å². The van der Waals surface area contributed by atoms with Crippen molar-refractivity contribution < 1.29 is 14.3 Å². The number of amides is 1. The second kappa shape index (κ2) is 5.79. The molecule has 122 valence electrons. The molecule has 3 aromatic rings. The minimum absolute atomic E-state index is 0.174. The largest absolute Gasteiger partial charge is 0.485 e. The van der Waals surface area contributed by atoms with Gasteiger partial charge in [-0.15, -0.1) is 0 Å². The van der Waals surface area contributed by atoms with E-state index in [9.17, 15) is 4.79 Å². The van der Waals surface area contributed by atoms with Crippen LogP contribution >= 0.6 is 11.3 Å². The van der Waals surface area contributed by atoms with Gasteiger partial charge in [0.1, 0.15) is 6.61 Å². The number of para-hydroxylation sites is 3. The maximum atomic E-state index is 12.5. The van der Waals surface area contributed by atoms with E-state index in [1.807, 2.05) is 41.9 Å². The van der Waals surface area contributed by atoms with Crippen LogP contribution in [0.2, 0.25) is 0 Å². The van der Waals surface area contributed by atoms with Crippen molar-refractivity contribution in [2.45, 2.75) is 13.0 Å². The summed E-state index contributed by atoms with van der Waals surface area (Å²) in [6.45, 7) is 2.22. The van der Waals surface area contributed by atoms with E-state index in [2.05, 4.69) is 18.0 Å². The third kappa shape index (κ3) is 2.49. The molecule has 1 atom stereocenters. The number of ether oxygens (including phenoxy) is 2. The highest BCUT2D eigenvalue weighted by Gasteiger charge is 2.27. The first-order chi connectivity index (χ1) is 11.6. The molecule has 5 nitrogen and oxygen atoms in total. The second-order valence-electron chi connectivity index (χ2n) is 5.68. The van der Waals surface area contributed by atoms with E-state index >= 15 is 0 Å². The summed E-state index contributed by atoms with van der Waals surface area (Å²) < 4.78 is 14.4. The molecule has 1 amide bonds. The fourth-order valence-corrected chi connectivity index (χ4v) is 3.91. The summed E-state index contributed by atoms with van der Waals surface area (Å²) >= 11 is 1.50. The molecular formula is C18H16N2O3S. The van der Waals surface area contributed by atoms with E-state index < -0.39 is 6.10 Å². The zero-order chi connectivity index (χ0) is 16.7. The topological polar surface area (TPSA) is 52.8 Å². The Morgan fingerprint density at radius 1 is 1.21 bits per heavy atom. The first kappa shape index (κ1) is 15.0. The molecule has 0 fully saturated rings. The van der Waals surface area contributed by atoms with Gasteiger partial charge in [-0.3, -0.25) is 4.79 Å². The SMILES string of the molecule is Cc1cccc2sc(=NC(=O)[C@@H]3COc4ccccc4O3)n(C)c12. The molecular weight excluding hydrogens is 324 g/mol. The highest BCUT2D eigenvalue weighted by atomic mass is 32.1. The van der Waals surface area contributed by atoms with Crippen LogP contribution in [0.25, 0.3) is 10.2 Å². The van der Waals surface area contributed by atoms with Crippen LogP contribution in [0.5, 0.6) is 11.5 Å². The third-order valence-corrected chi connectivity index (χ3v) is 5.11. The van der Waals surface area contributed by atoms with Crippen molar-refractivity contribution in [1.29, 1.82) is 0 Å². The first-order valence-electron chi connectivity index (χ1n) is 7.65. The predicted molar refractivity (Wildman–Crippen MR) is 92.5 cm³/mol. The Kier molecular flexibility index (Phi) is 3.61. The minimum Gasteiger partial charge on any atom is -0.485 e. The standard InChI is InChI=1S/C18H16N2O3S/c1-11-6-5-9-15-16(11)20(2)18(24-15)19-17(21)14-10-22-12-7-3-4-8-13(12)23-14/h3-9,14H,10H2,1-2H3/t14-/m0/s1. The molecule has 6 heteroatoms. The molecule has 0 bridgehead atoms. The normalized spacial score (nSPS) is 17.2. The maximum absolute atomic E-state index is 12.5. The van der Waals surface area contributed by atoms with E-state index in [1.54, 1.807) is 6.07 Å². The fraction of sp³-hybridized carbons (Fsp3) is 0.222. The van der Waals surface area contributed by atoms with Gasteiger partial charge >= 0.3 is 0 Å². The number of rotatable bonds is 1. The summed E-state index contributed by atoms with van der Waals surface area (Å²) in [7, 11) is 1.92. The van der Waals surface area contributed by atoms with Crippen molar-refractivity contribution in [2.24, 2.45) is 12.0 Å².